The van der Waals surface area contributed by atoms with Gasteiger partial charge < -0.3 is 4.90 Å². The highest BCUT2D eigenvalue weighted by Gasteiger charge is 2.21. The van der Waals surface area contributed by atoms with Crippen LogP contribution in [-0.2, 0) is 4.79 Å². The molecule has 1 aliphatic rings. The quantitative estimate of drug-likeness (QED) is 0.566. The third-order valence-corrected chi connectivity index (χ3v) is 3.48. The van der Waals surface area contributed by atoms with Crippen LogP contribution in [0.15, 0.2) is 0 Å². The molecule has 11 heavy (non-hydrogen) atoms. The lowest BCUT2D eigenvalue weighted by Crippen LogP contribution is -2.46. The van der Waals surface area contributed by atoms with E-state index in [0.717, 1.165) is 13.1 Å². The lowest BCUT2D eigenvalue weighted by molar-refractivity contribution is -0.132. The molecule has 0 N–H and O–H groups in total. The zero-order chi connectivity index (χ0) is 8.43. The molecule has 0 aromatic heterocycles. The standard InChI is InChI=1S/C7H16N2OS/c1-8-4-5-9(11(2)3)6-7(8)10/h11H,4-6H2,1-3H3. The van der Waals surface area contributed by atoms with Gasteiger partial charge in [0, 0.05) is 20.1 Å². The van der Waals surface area contributed by atoms with Crippen molar-refractivity contribution in [1.29, 1.82) is 0 Å². The summed E-state index contributed by atoms with van der Waals surface area (Å²) in [7, 11) is 1.87. The first-order chi connectivity index (χ1) is 5.11. The summed E-state index contributed by atoms with van der Waals surface area (Å²) >= 11 is -0.0785. The highest BCUT2D eigenvalue weighted by molar-refractivity contribution is 8.13. The van der Waals surface area contributed by atoms with E-state index in [0.29, 0.717) is 6.54 Å². The molecule has 1 heterocycles. The van der Waals surface area contributed by atoms with Crippen molar-refractivity contribution in [2.75, 3.05) is 39.2 Å². The van der Waals surface area contributed by atoms with Crippen LogP contribution in [-0.4, -0.2) is 54.3 Å². The average molecular weight is 176 g/mol. The maximum absolute atomic E-state index is 11.2. The zero-order valence-electron chi connectivity index (χ0n) is 7.37. The molecular formula is C7H16N2OS. The highest BCUT2D eigenvalue weighted by atomic mass is 32.2. The number of hydrogen-bond acceptors (Lipinski definition) is 2. The van der Waals surface area contributed by atoms with Gasteiger partial charge in [0.15, 0.2) is 0 Å². The Kier molecular flexibility index (Phi) is 2.78. The van der Waals surface area contributed by atoms with Crippen LogP contribution in [0.25, 0.3) is 0 Å². The van der Waals surface area contributed by atoms with Gasteiger partial charge in [-0.05, 0) is 12.5 Å². The predicted octanol–water partition coefficient (Wildman–Crippen LogP) is -0.0638. The fraction of sp³-hybridized carbons (Fsp3) is 0.857. The van der Waals surface area contributed by atoms with Crippen molar-refractivity contribution in [1.82, 2.24) is 9.21 Å². The Morgan fingerprint density at radius 1 is 1.36 bits per heavy atom. The lowest BCUT2D eigenvalue weighted by Gasteiger charge is -2.35. The smallest absolute Gasteiger partial charge is 0.237 e. The molecule has 1 rings (SSSR count). The van der Waals surface area contributed by atoms with Gasteiger partial charge in [0.1, 0.15) is 0 Å². The topological polar surface area (TPSA) is 23.6 Å². The Morgan fingerprint density at radius 3 is 2.45 bits per heavy atom. The van der Waals surface area contributed by atoms with Crippen LogP contribution in [0.1, 0.15) is 0 Å². The van der Waals surface area contributed by atoms with Gasteiger partial charge in [0.25, 0.3) is 0 Å². The van der Waals surface area contributed by atoms with Crippen LogP contribution >= 0.6 is 11.1 Å². The Bertz CT molecular complexity index is 161. The molecule has 1 aliphatic heterocycles. The maximum atomic E-state index is 11.2. The van der Waals surface area contributed by atoms with Gasteiger partial charge in [-0.15, -0.1) is 0 Å². The zero-order valence-corrected chi connectivity index (χ0v) is 8.27. The monoisotopic (exact) mass is 176 g/mol. The van der Waals surface area contributed by atoms with Gasteiger partial charge in [0.05, 0.1) is 6.54 Å². The first kappa shape index (κ1) is 8.87. The lowest BCUT2D eigenvalue weighted by atomic mass is 10.4. The molecule has 0 spiro atoms. The van der Waals surface area contributed by atoms with Crippen molar-refractivity contribution in [3.05, 3.63) is 0 Å². The van der Waals surface area contributed by atoms with Crippen LogP contribution in [0.3, 0.4) is 0 Å². The number of carbonyl (C=O) groups is 1. The SMILES string of the molecule is CN1CCN([SH](C)C)CC1=O. The van der Waals surface area contributed by atoms with Gasteiger partial charge >= 0.3 is 0 Å². The van der Waals surface area contributed by atoms with E-state index >= 15 is 0 Å². The van der Waals surface area contributed by atoms with Crippen LogP contribution in [0.5, 0.6) is 0 Å². The third-order valence-electron chi connectivity index (χ3n) is 2.00. The summed E-state index contributed by atoms with van der Waals surface area (Å²) in [6.45, 7) is 2.55. The maximum Gasteiger partial charge on any atom is 0.237 e. The van der Waals surface area contributed by atoms with Crippen molar-refractivity contribution >= 4 is 17.0 Å². The van der Waals surface area contributed by atoms with Crippen molar-refractivity contribution in [3.63, 3.8) is 0 Å². The number of rotatable bonds is 1. The largest absolute Gasteiger partial charge is 0.343 e. The second-order valence-corrected chi connectivity index (χ2v) is 5.31. The molecule has 0 atom stereocenters. The van der Waals surface area contributed by atoms with Crippen LogP contribution in [0.4, 0.5) is 0 Å². The van der Waals surface area contributed by atoms with Crippen molar-refractivity contribution in [2.45, 2.75) is 0 Å². The van der Waals surface area contributed by atoms with Gasteiger partial charge in [-0.3, -0.25) is 9.10 Å². The number of likely N-dealkylation sites (N-methyl/N-ethyl adjacent to an activating group) is 1. The fourth-order valence-corrected chi connectivity index (χ4v) is 1.98. The molecule has 1 saturated heterocycles. The van der Waals surface area contributed by atoms with Gasteiger partial charge in [0.2, 0.25) is 5.91 Å². The molecule has 66 valence electrons. The van der Waals surface area contributed by atoms with E-state index in [-0.39, 0.29) is 17.0 Å². The number of thiol groups is 1. The fourth-order valence-electron chi connectivity index (χ4n) is 1.09. The van der Waals surface area contributed by atoms with Gasteiger partial charge in [-0.1, -0.05) is 0 Å². The number of hydrogen-bond donors (Lipinski definition) is 1. The molecular weight excluding hydrogens is 160 g/mol. The van der Waals surface area contributed by atoms with E-state index in [1.165, 1.54) is 0 Å². The second kappa shape index (κ2) is 3.45. The number of piperazine rings is 1. The highest BCUT2D eigenvalue weighted by Crippen LogP contribution is 2.22. The number of nitrogens with zero attached hydrogens (tertiary/aromatic N) is 2. The van der Waals surface area contributed by atoms with E-state index in [9.17, 15) is 4.79 Å². The van der Waals surface area contributed by atoms with E-state index in [4.69, 9.17) is 0 Å². The number of amides is 1. The molecule has 0 aromatic carbocycles. The minimum atomic E-state index is -0.0785. The third kappa shape index (κ3) is 2.10. The predicted molar refractivity (Wildman–Crippen MR) is 50.0 cm³/mol. The first-order valence-corrected chi connectivity index (χ1v) is 5.96. The molecule has 3 nitrogen and oxygen atoms in total. The van der Waals surface area contributed by atoms with Gasteiger partial charge in [-0.25, -0.2) is 11.1 Å². The van der Waals surface area contributed by atoms with Crippen LogP contribution < -0.4 is 0 Å². The summed E-state index contributed by atoms with van der Waals surface area (Å²) in [5, 5.41) is 0. The molecule has 0 radical (unpaired) electrons. The molecule has 4 heteroatoms. The summed E-state index contributed by atoms with van der Waals surface area (Å²) in [5.41, 5.74) is 0. The molecule has 0 bridgehead atoms. The summed E-state index contributed by atoms with van der Waals surface area (Å²) < 4.78 is 2.26. The van der Waals surface area contributed by atoms with E-state index < -0.39 is 0 Å². The van der Waals surface area contributed by atoms with Crippen LogP contribution in [0.2, 0.25) is 0 Å². The minimum Gasteiger partial charge on any atom is -0.343 e. The van der Waals surface area contributed by atoms with Gasteiger partial charge in [-0.2, -0.15) is 0 Å². The Hall–Kier alpha value is -0.220. The Morgan fingerprint density at radius 2 is 2.00 bits per heavy atom. The Balaban J connectivity index is 2.46. The van der Waals surface area contributed by atoms with E-state index in [2.05, 4.69) is 16.8 Å². The minimum absolute atomic E-state index is 0.0785. The second-order valence-electron chi connectivity index (χ2n) is 3.05. The summed E-state index contributed by atoms with van der Waals surface area (Å²) in [4.78, 5) is 13.0. The molecule has 0 saturated carbocycles. The normalized spacial score (nSPS) is 22.3. The van der Waals surface area contributed by atoms with Crippen molar-refractivity contribution < 1.29 is 4.79 Å². The van der Waals surface area contributed by atoms with Crippen molar-refractivity contribution in [2.24, 2.45) is 0 Å². The van der Waals surface area contributed by atoms with E-state index in [1.54, 1.807) is 4.90 Å². The molecule has 1 fully saturated rings. The average Bonchev–Trinajstić information content (AvgIpc) is 1.94. The van der Waals surface area contributed by atoms with E-state index in [1.807, 2.05) is 7.05 Å². The summed E-state index contributed by atoms with van der Waals surface area (Å²) in [6, 6.07) is 0. The summed E-state index contributed by atoms with van der Waals surface area (Å²) in [5.74, 6) is 0.257. The molecule has 1 amide bonds. The first-order valence-electron chi connectivity index (χ1n) is 3.77. The van der Waals surface area contributed by atoms with Crippen LogP contribution in [0, 0.1) is 0 Å². The number of carbonyl (C=O) groups excluding carboxylic acids is 1. The molecule has 0 aliphatic carbocycles. The van der Waals surface area contributed by atoms with Crippen molar-refractivity contribution in [3.8, 4) is 0 Å². The molecule has 0 aromatic rings. The Labute approximate surface area is 70.8 Å². The molecule has 0 unspecified atom stereocenters. The summed E-state index contributed by atoms with van der Waals surface area (Å²) in [6.07, 6.45) is 4.38.